The first-order valence-corrected chi connectivity index (χ1v) is 7.47. The molecule has 136 valence electrons. The first-order valence-electron chi connectivity index (χ1n) is 7.47. The number of hydrogen-bond acceptors (Lipinski definition) is 10. The van der Waals surface area contributed by atoms with Crippen molar-refractivity contribution in [3.05, 3.63) is 0 Å². The van der Waals surface area contributed by atoms with Crippen LogP contribution in [0, 0.1) is 0 Å². The Bertz CT molecular complexity index is 384. The Kier molecular flexibility index (Phi) is 6.30. The highest BCUT2D eigenvalue weighted by Crippen LogP contribution is 2.24. The Labute approximate surface area is 133 Å². The summed E-state index contributed by atoms with van der Waals surface area (Å²) in [5, 5.41) is 58.1. The SMILES string of the molecule is C[C@@H]1OC(CO[C@@H]2OC(CO)[C@H](O)C(O)[C@H]2O)[C@H](O)C(O)[C@H]1N. The van der Waals surface area contributed by atoms with E-state index in [0.29, 0.717) is 0 Å². The molecule has 10 nitrogen and oxygen atoms in total. The summed E-state index contributed by atoms with van der Waals surface area (Å²) in [6.07, 6.45) is -10.9. The molecular formula is C13H25NO9. The number of nitrogens with two attached hydrogens (primary N) is 1. The predicted molar refractivity (Wildman–Crippen MR) is 74.0 cm³/mol. The summed E-state index contributed by atoms with van der Waals surface area (Å²) in [4.78, 5) is 0. The van der Waals surface area contributed by atoms with Crippen LogP contribution in [0.5, 0.6) is 0 Å². The summed E-state index contributed by atoms with van der Waals surface area (Å²) in [5.41, 5.74) is 5.68. The normalized spacial score (nSPS) is 51.7. The molecule has 0 aromatic heterocycles. The average molecular weight is 339 g/mol. The van der Waals surface area contributed by atoms with E-state index in [1.807, 2.05) is 0 Å². The zero-order chi connectivity index (χ0) is 17.3. The molecule has 0 amide bonds. The molecule has 10 atom stereocenters. The lowest BCUT2D eigenvalue weighted by Crippen LogP contribution is -2.62. The Morgan fingerprint density at radius 2 is 1.48 bits per heavy atom. The minimum atomic E-state index is -1.55. The highest BCUT2D eigenvalue weighted by atomic mass is 16.7. The van der Waals surface area contributed by atoms with Crippen LogP contribution in [-0.2, 0) is 14.2 Å². The minimum absolute atomic E-state index is 0.252. The molecule has 0 aliphatic carbocycles. The van der Waals surface area contributed by atoms with Gasteiger partial charge >= 0.3 is 0 Å². The van der Waals surface area contributed by atoms with Gasteiger partial charge in [-0.1, -0.05) is 0 Å². The number of rotatable bonds is 4. The zero-order valence-electron chi connectivity index (χ0n) is 12.7. The summed E-state index contributed by atoms with van der Waals surface area (Å²) in [5.74, 6) is 0. The highest BCUT2D eigenvalue weighted by molar-refractivity contribution is 4.93. The van der Waals surface area contributed by atoms with Crippen molar-refractivity contribution in [1.29, 1.82) is 0 Å². The van der Waals surface area contributed by atoms with Gasteiger partial charge in [-0.3, -0.25) is 0 Å². The molecule has 0 aromatic rings. The summed E-state index contributed by atoms with van der Waals surface area (Å²) in [6, 6.07) is -0.742. The molecule has 2 rings (SSSR count). The van der Waals surface area contributed by atoms with Crippen molar-refractivity contribution >= 4 is 0 Å². The average Bonchev–Trinajstić information content (AvgIpc) is 2.54. The third-order valence-corrected chi connectivity index (χ3v) is 4.33. The fourth-order valence-electron chi connectivity index (χ4n) is 2.70. The smallest absolute Gasteiger partial charge is 0.186 e. The van der Waals surface area contributed by atoms with Crippen molar-refractivity contribution < 1.29 is 44.8 Å². The molecule has 10 heteroatoms. The first-order chi connectivity index (χ1) is 10.8. The lowest BCUT2D eigenvalue weighted by atomic mass is 9.94. The van der Waals surface area contributed by atoms with Gasteiger partial charge in [-0.15, -0.1) is 0 Å². The van der Waals surface area contributed by atoms with E-state index >= 15 is 0 Å². The van der Waals surface area contributed by atoms with Gasteiger partial charge in [0.2, 0.25) is 0 Å². The molecule has 0 spiro atoms. The van der Waals surface area contributed by atoms with Crippen molar-refractivity contribution in [2.45, 2.75) is 68.1 Å². The molecule has 2 aliphatic rings. The predicted octanol–water partition coefficient (Wildman–Crippen LogP) is -4.36. The number of aliphatic hydroxyl groups excluding tert-OH is 6. The van der Waals surface area contributed by atoms with Crippen LogP contribution < -0.4 is 5.73 Å². The van der Waals surface area contributed by atoms with E-state index in [0.717, 1.165) is 0 Å². The molecule has 0 radical (unpaired) electrons. The molecule has 2 heterocycles. The van der Waals surface area contributed by atoms with Gasteiger partial charge < -0.3 is 50.6 Å². The third kappa shape index (κ3) is 3.82. The second kappa shape index (κ2) is 7.66. The van der Waals surface area contributed by atoms with E-state index in [9.17, 15) is 25.5 Å². The van der Waals surface area contributed by atoms with Crippen LogP contribution in [-0.4, -0.2) is 105 Å². The topological polar surface area (TPSA) is 175 Å². The van der Waals surface area contributed by atoms with Gasteiger partial charge in [0.25, 0.3) is 0 Å². The lowest BCUT2D eigenvalue weighted by molar-refractivity contribution is -0.311. The summed E-state index contributed by atoms with van der Waals surface area (Å²) < 4.78 is 15.9. The second-order valence-electron chi connectivity index (χ2n) is 5.97. The van der Waals surface area contributed by atoms with Crippen LogP contribution in [0.15, 0.2) is 0 Å². The van der Waals surface area contributed by atoms with Crippen molar-refractivity contribution in [1.82, 2.24) is 0 Å². The Morgan fingerprint density at radius 3 is 2.09 bits per heavy atom. The molecule has 0 bridgehead atoms. The second-order valence-corrected chi connectivity index (χ2v) is 5.97. The Hall–Kier alpha value is -0.400. The molecule has 8 N–H and O–H groups in total. The summed E-state index contributed by atoms with van der Waals surface area (Å²) >= 11 is 0. The van der Waals surface area contributed by atoms with Gasteiger partial charge in [0.15, 0.2) is 6.29 Å². The van der Waals surface area contributed by atoms with Crippen molar-refractivity contribution in [2.75, 3.05) is 13.2 Å². The van der Waals surface area contributed by atoms with Crippen LogP contribution in [0.1, 0.15) is 6.92 Å². The zero-order valence-corrected chi connectivity index (χ0v) is 12.7. The molecule has 0 aromatic carbocycles. The highest BCUT2D eigenvalue weighted by Gasteiger charge is 2.46. The van der Waals surface area contributed by atoms with Gasteiger partial charge in [0, 0.05) is 0 Å². The van der Waals surface area contributed by atoms with Gasteiger partial charge in [0.1, 0.15) is 42.7 Å². The monoisotopic (exact) mass is 339 g/mol. The molecule has 23 heavy (non-hydrogen) atoms. The largest absolute Gasteiger partial charge is 0.394 e. The van der Waals surface area contributed by atoms with E-state index in [1.54, 1.807) is 6.92 Å². The summed E-state index contributed by atoms with van der Waals surface area (Å²) in [6.45, 7) is 0.816. The van der Waals surface area contributed by atoms with Crippen LogP contribution in [0.4, 0.5) is 0 Å². The van der Waals surface area contributed by atoms with Crippen molar-refractivity contribution in [3.63, 3.8) is 0 Å². The third-order valence-electron chi connectivity index (χ3n) is 4.33. The summed E-state index contributed by atoms with van der Waals surface area (Å²) in [7, 11) is 0. The fraction of sp³-hybridized carbons (Fsp3) is 1.00. The molecule has 2 saturated heterocycles. The Balaban J connectivity index is 1.94. The van der Waals surface area contributed by atoms with Gasteiger partial charge in [0.05, 0.1) is 25.4 Å². The lowest BCUT2D eigenvalue weighted by Gasteiger charge is -2.42. The van der Waals surface area contributed by atoms with Crippen molar-refractivity contribution in [2.24, 2.45) is 5.73 Å². The molecule has 2 fully saturated rings. The van der Waals surface area contributed by atoms with E-state index in [2.05, 4.69) is 0 Å². The Morgan fingerprint density at radius 1 is 0.870 bits per heavy atom. The fourth-order valence-corrected chi connectivity index (χ4v) is 2.70. The molecule has 4 unspecified atom stereocenters. The maximum Gasteiger partial charge on any atom is 0.186 e. The van der Waals surface area contributed by atoms with E-state index in [4.69, 9.17) is 25.1 Å². The van der Waals surface area contributed by atoms with E-state index in [1.165, 1.54) is 0 Å². The number of aliphatic hydroxyl groups is 6. The standard InChI is InChI=1S/C13H25NO9/c1-4-7(14)10(18)9(17)6(22-4)3-21-13-12(20)11(19)8(16)5(2-15)23-13/h4-13,15-20H,2-3,14H2,1H3/t4-,5?,6?,7-,8-,9-,10?,11?,12+,13+/m0/s1. The van der Waals surface area contributed by atoms with Gasteiger partial charge in [-0.2, -0.15) is 0 Å². The first kappa shape index (κ1) is 18.9. The maximum absolute atomic E-state index is 9.95. The molecule has 2 aliphatic heterocycles. The van der Waals surface area contributed by atoms with E-state index in [-0.39, 0.29) is 6.61 Å². The van der Waals surface area contributed by atoms with Crippen LogP contribution >= 0.6 is 0 Å². The van der Waals surface area contributed by atoms with Crippen molar-refractivity contribution in [3.8, 4) is 0 Å². The van der Waals surface area contributed by atoms with Crippen LogP contribution in [0.2, 0.25) is 0 Å². The maximum atomic E-state index is 9.95. The van der Waals surface area contributed by atoms with Gasteiger partial charge in [-0.25, -0.2) is 0 Å². The van der Waals surface area contributed by atoms with Gasteiger partial charge in [-0.05, 0) is 6.92 Å². The van der Waals surface area contributed by atoms with Crippen LogP contribution in [0.3, 0.4) is 0 Å². The molecular weight excluding hydrogens is 314 g/mol. The number of ether oxygens (including phenoxy) is 3. The quantitative estimate of drug-likeness (QED) is 0.265. The van der Waals surface area contributed by atoms with E-state index < -0.39 is 67.8 Å². The number of hydrogen-bond donors (Lipinski definition) is 7. The molecule has 0 saturated carbocycles. The van der Waals surface area contributed by atoms with Crippen LogP contribution in [0.25, 0.3) is 0 Å². The minimum Gasteiger partial charge on any atom is -0.394 e.